The summed E-state index contributed by atoms with van der Waals surface area (Å²) in [6.07, 6.45) is 22.9. The summed E-state index contributed by atoms with van der Waals surface area (Å²) in [5.74, 6) is -0.692. The average molecular weight is 735 g/mol. The van der Waals surface area contributed by atoms with Crippen LogP contribution in [0.1, 0.15) is 203 Å². The van der Waals surface area contributed by atoms with Crippen LogP contribution in [0.25, 0.3) is 0 Å². The van der Waals surface area contributed by atoms with Crippen LogP contribution in [0.2, 0.25) is 0 Å². The lowest BCUT2D eigenvalue weighted by molar-refractivity contribution is -0.185. The van der Waals surface area contributed by atoms with Crippen molar-refractivity contribution in [1.82, 2.24) is 0 Å². The summed E-state index contributed by atoms with van der Waals surface area (Å²) in [5, 5.41) is 12.1. The van der Waals surface area contributed by atoms with Crippen molar-refractivity contribution in [3.05, 3.63) is 0 Å². The van der Waals surface area contributed by atoms with Gasteiger partial charge in [0.05, 0.1) is 6.10 Å². The number of carbonyl (C=O) groups excluding carboxylic acids is 3. The molecule has 3 aliphatic rings. The summed E-state index contributed by atoms with van der Waals surface area (Å²) < 4.78 is 25.2. The van der Waals surface area contributed by atoms with Crippen molar-refractivity contribution in [2.75, 3.05) is 0 Å². The molecule has 302 valence electrons. The van der Waals surface area contributed by atoms with Gasteiger partial charge >= 0.3 is 17.9 Å². The second kappa shape index (κ2) is 21.4. The summed E-state index contributed by atoms with van der Waals surface area (Å²) in [4.78, 5) is 38.2. The van der Waals surface area contributed by atoms with Crippen molar-refractivity contribution in [2.45, 2.75) is 238 Å². The third kappa shape index (κ3) is 13.3. The molecule has 0 radical (unpaired) electrons. The van der Waals surface area contributed by atoms with E-state index in [9.17, 15) is 19.5 Å². The minimum absolute atomic E-state index is 0.0398. The highest BCUT2D eigenvalue weighted by Gasteiger charge is 2.65. The number of fused-ring (bicyclic) bond motifs is 5. The fourth-order valence-electron chi connectivity index (χ4n) is 10.1. The number of hydrogen-bond donors (Lipinski definition) is 1. The first-order valence-electron chi connectivity index (χ1n) is 21.6. The molecular weight excluding hydrogens is 656 g/mol. The van der Waals surface area contributed by atoms with E-state index >= 15 is 0 Å². The molecule has 0 spiro atoms. The molecule has 2 saturated heterocycles. The van der Waals surface area contributed by atoms with Gasteiger partial charge in [0.2, 0.25) is 0 Å². The molecule has 9 unspecified atom stereocenters. The van der Waals surface area contributed by atoms with Crippen LogP contribution in [0.3, 0.4) is 0 Å². The van der Waals surface area contributed by atoms with Crippen molar-refractivity contribution in [3.8, 4) is 0 Å². The Labute approximate surface area is 317 Å². The zero-order valence-corrected chi connectivity index (χ0v) is 34.6. The van der Waals surface area contributed by atoms with Gasteiger partial charge in [-0.1, -0.05) is 124 Å². The van der Waals surface area contributed by atoms with Crippen LogP contribution in [-0.4, -0.2) is 58.1 Å². The van der Waals surface area contributed by atoms with Crippen molar-refractivity contribution >= 4 is 17.9 Å². The fraction of sp³-hybridized carbons (Fsp3) is 0.932. The molecule has 3 fully saturated rings. The maximum Gasteiger partial charge on any atom is 0.306 e. The Balaban J connectivity index is 1.51. The molecule has 1 aliphatic carbocycles. The van der Waals surface area contributed by atoms with E-state index in [0.29, 0.717) is 31.6 Å². The van der Waals surface area contributed by atoms with Crippen LogP contribution in [-0.2, 0) is 33.3 Å². The van der Waals surface area contributed by atoms with Gasteiger partial charge in [0.25, 0.3) is 0 Å². The number of rotatable bonds is 22. The topological polar surface area (TPSA) is 108 Å². The first-order chi connectivity index (χ1) is 24.6. The summed E-state index contributed by atoms with van der Waals surface area (Å²) >= 11 is 0. The van der Waals surface area contributed by atoms with E-state index in [2.05, 4.69) is 20.8 Å². The van der Waals surface area contributed by atoms with E-state index in [1.54, 1.807) is 6.92 Å². The average Bonchev–Trinajstić information content (AvgIpc) is 3.44. The van der Waals surface area contributed by atoms with Gasteiger partial charge in [0.1, 0.15) is 29.0 Å². The van der Waals surface area contributed by atoms with Gasteiger partial charge in [-0.25, -0.2) is 0 Å². The molecule has 0 aromatic carbocycles. The maximum atomic E-state index is 13.2. The van der Waals surface area contributed by atoms with Crippen LogP contribution in [0.4, 0.5) is 0 Å². The lowest BCUT2D eigenvalue weighted by Gasteiger charge is -2.51. The maximum absolute atomic E-state index is 13.2. The molecule has 3 rings (SSSR count). The number of carbonyl (C=O) groups is 3. The standard InChI is InChI=1S/C44H78O8/c1-9-10-11-12-13-14-15-16-17-18-19-20-21-22-23-24-25-26-38(47)50-37-28-30-44(8,52-34(5)46)41-39-35(32(2)3)27-29-43(7,51-33(4)45)40(39)36(49-41)31-42(37,6)48/h32,35-37,39-41,48H,9-31H2,1-8H3. The van der Waals surface area contributed by atoms with E-state index in [-0.39, 0.29) is 36.1 Å². The lowest BCUT2D eigenvalue weighted by Crippen LogP contribution is -2.58. The van der Waals surface area contributed by atoms with E-state index in [0.717, 1.165) is 25.7 Å². The molecule has 1 saturated carbocycles. The number of unbranched alkanes of at least 4 members (excludes halogenated alkanes) is 16. The molecule has 0 aromatic heterocycles. The van der Waals surface area contributed by atoms with Crippen molar-refractivity contribution in [1.29, 1.82) is 0 Å². The Morgan fingerprint density at radius 1 is 0.712 bits per heavy atom. The molecule has 2 heterocycles. The molecule has 52 heavy (non-hydrogen) atoms. The Morgan fingerprint density at radius 3 is 1.65 bits per heavy atom. The highest BCUT2D eigenvalue weighted by molar-refractivity contribution is 5.69. The van der Waals surface area contributed by atoms with Gasteiger partial charge in [-0.05, 0) is 64.7 Å². The van der Waals surface area contributed by atoms with Crippen LogP contribution in [0.15, 0.2) is 0 Å². The first-order valence-corrected chi connectivity index (χ1v) is 21.6. The van der Waals surface area contributed by atoms with Gasteiger partial charge in [0.15, 0.2) is 0 Å². The quantitative estimate of drug-likeness (QED) is 0.0665. The van der Waals surface area contributed by atoms with Crippen LogP contribution in [0.5, 0.6) is 0 Å². The van der Waals surface area contributed by atoms with Crippen LogP contribution >= 0.6 is 0 Å². The van der Waals surface area contributed by atoms with Crippen LogP contribution in [0, 0.1) is 23.7 Å². The molecule has 8 heteroatoms. The summed E-state index contributed by atoms with van der Waals surface area (Å²) in [7, 11) is 0. The molecule has 1 N–H and O–H groups in total. The smallest absolute Gasteiger partial charge is 0.306 e. The summed E-state index contributed by atoms with van der Waals surface area (Å²) in [6.45, 7) is 15.2. The largest absolute Gasteiger partial charge is 0.459 e. The van der Waals surface area contributed by atoms with E-state index in [1.807, 2.05) is 13.8 Å². The van der Waals surface area contributed by atoms with Gasteiger partial charge in [-0.15, -0.1) is 0 Å². The predicted octanol–water partition coefficient (Wildman–Crippen LogP) is 10.6. The highest BCUT2D eigenvalue weighted by atomic mass is 16.6. The van der Waals surface area contributed by atoms with Crippen LogP contribution < -0.4 is 0 Å². The number of ether oxygens (including phenoxy) is 4. The summed E-state index contributed by atoms with van der Waals surface area (Å²) in [6, 6.07) is 0. The van der Waals surface area contributed by atoms with Gasteiger partial charge in [-0.3, -0.25) is 14.4 Å². The number of esters is 3. The predicted molar refractivity (Wildman–Crippen MR) is 207 cm³/mol. The fourth-order valence-corrected chi connectivity index (χ4v) is 10.1. The first kappa shape index (κ1) is 44.7. The van der Waals surface area contributed by atoms with Gasteiger partial charge < -0.3 is 24.1 Å². The molecule has 8 nitrogen and oxygen atoms in total. The SMILES string of the molecule is CCCCCCCCCCCCCCCCCCCC(=O)OC1CCC(C)(OC(C)=O)C2OC(CC1(C)O)C1C2C(C(C)C)CCC1(C)OC(C)=O. The van der Waals surface area contributed by atoms with Crippen molar-refractivity contribution < 1.29 is 38.4 Å². The Morgan fingerprint density at radius 2 is 1.17 bits per heavy atom. The normalized spacial score (nSPS) is 33.1. The highest BCUT2D eigenvalue weighted by Crippen LogP contribution is 2.58. The Bertz CT molecular complexity index is 1090. The zero-order valence-electron chi connectivity index (χ0n) is 34.6. The monoisotopic (exact) mass is 735 g/mol. The third-order valence-corrected chi connectivity index (χ3v) is 12.8. The van der Waals surface area contributed by atoms with E-state index in [1.165, 1.54) is 104 Å². The molecule has 2 bridgehead atoms. The van der Waals surface area contributed by atoms with E-state index < -0.39 is 41.1 Å². The molecule has 2 aliphatic heterocycles. The summed E-state index contributed by atoms with van der Waals surface area (Å²) in [5.41, 5.74) is -3.20. The van der Waals surface area contributed by atoms with Crippen molar-refractivity contribution in [2.24, 2.45) is 23.7 Å². The molecular formula is C44H78O8. The second-order valence-corrected chi connectivity index (χ2v) is 17.9. The van der Waals surface area contributed by atoms with E-state index in [4.69, 9.17) is 18.9 Å². The minimum atomic E-state index is -1.39. The van der Waals surface area contributed by atoms with Gasteiger partial charge in [0, 0.05) is 38.5 Å². The second-order valence-electron chi connectivity index (χ2n) is 17.9. The molecule has 0 amide bonds. The number of aliphatic hydroxyl groups is 1. The molecule has 9 atom stereocenters. The third-order valence-electron chi connectivity index (χ3n) is 12.8. The van der Waals surface area contributed by atoms with Crippen molar-refractivity contribution in [3.63, 3.8) is 0 Å². The minimum Gasteiger partial charge on any atom is -0.459 e. The lowest BCUT2D eigenvalue weighted by atomic mass is 9.57. The number of hydrogen-bond acceptors (Lipinski definition) is 8. The zero-order chi connectivity index (χ0) is 38.4. The molecule has 0 aromatic rings. The Kier molecular flexibility index (Phi) is 18.4. The Hall–Kier alpha value is -1.67. The van der Waals surface area contributed by atoms with Gasteiger partial charge in [-0.2, -0.15) is 0 Å².